The summed E-state index contributed by atoms with van der Waals surface area (Å²) >= 11 is 0. The molecule has 128 valence electrons. The van der Waals surface area contributed by atoms with Gasteiger partial charge in [-0.15, -0.1) is 0 Å². The molecule has 0 radical (unpaired) electrons. The molecule has 7 nitrogen and oxygen atoms in total. The van der Waals surface area contributed by atoms with Gasteiger partial charge in [-0.2, -0.15) is 5.10 Å². The monoisotopic (exact) mass is 329 g/mol. The van der Waals surface area contributed by atoms with Crippen molar-refractivity contribution in [3.63, 3.8) is 0 Å². The van der Waals surface area contributed by atoms with E-state index in [1.165, 1.54) is 0 Å². The first-order chi connectivity index (χ1) is 11.5. The number of aromatic nitrogens is 4. The van der Waals surface area contributed by atoms with Crippen molar-refractivity contribution in [3.8, 4) is 5.75 Å². The molecule has 1 fully saturated rings. The number of ether oxygens (including phenoxy) is 1. The maximum atomic E-state index is 12.7. The van der Waals surface area contributed by atoms with Crippen LogP contribution in [0, 0.1) is 13.8 Å². The average molecular weight is 329 g/mol. The van der Waals surface area contributed by atoms with Crippen LogP contribution in [0.3, 0.4) is 0 Å². The van der Waals surface area contributed by atoms with Crippen LogP contribution in [0.2, 0.25) is 0 Å². The Bertz CT molecular complexity index is 700. The molecule has 0 aliphatic carbocycles. The van der Waals surface area contributed by atoms with Crippen molar-refractivity contribution in [2.75, 3.05) is 13.1 Å². The molecular weight excluding hydrogens is 306 g/mol. The zero-order valence-electron chi connectivity index (χ0n) is 14.3. The molecule has 3 rings (SSSR count). The highest BCUT2D eigenvalue weighted by atomic mass is 16.5. The van der Waals surface area contributed by atoms with Crippen molar-refractivity contribution in [1.82, 2.24) is 24.6 Å². The zero-order valence-corrected chi connectivity index (χ0v) is 14.3. The second-order valence-corrected chi connectivity index (χ2v) is 6.18. The topological polar surface area (TPSA) is 73.1 Å². The van der Waals surface area contributed by atoms with Crippen LogP contribution >= 0.6 is 0 Å². The molecule has 2 atom stereocenters. The van der Waals surface area contributed by atoms with Crippen LogP contribution in [-0.4, -0.2) is 49.7 Å². The molecule has 0 unspecified atom stereocenters. The van der Waals surface area contributed by atoms with Gasteiger partial charge in [0.15, 0.2) is 6.10 Å². The fraction of sp³-hybridized carbons (Fsp3) is 0.529. The molecule has 1 amide bonds. The molecule has 1 aliphatic heterocycles. The van der Waals surface area contributed by atoms with E-state index in [0.717, 1.165) is 31.0 Å². The van der Waals surface area contributed by atoms with E-state index in [2.05, 4.69) is 15.1 Å². The van der Waals surface area contributed by atoms with Gasteiger partial charge in [0.25, 0.3) is 5.91 Å². The number of rotatable bonds is 4. The normalized spacial score (nSPS) is 19.1. The Morgan fingerprint density at radius 2 is 2.25 bits per heavy atom. The van der Waals surface area contributed by atoms with Crippen LogP contribution < -0.4 is 4.74 Å². The minimum atomic E-state index is -0.536. The summed E-state index contributed by atoms with van der Waals surface area (Å²) in [6, 6.07) is 3.77. The molecule has 0 aromatic carbocycles. The Hall–Kier alpha value is -2.44. The number of aryl methyl sites for hydroxylation is 2. The molecule has 0 spiro atoms. The molecule has 0 bridgehead atoms. The summed E-state index contributed by atoms with van der Waals surface area (Å²) in [7, 11) is 0. The zero-order chi connectivity index (χ0) is 17.1. The SMILES string of the molecule is Cc1nc(C)n([C@@H]2CCCN(C(=O)[C@H](C)Oc3cccnc3)C2)n1. The van der Waals surface area contributed by atoms with Crippen molar-refractivity contribution in [3.05, 3.63) is 36.2 Å². The number of amides is 1. The lowest BCUT2D eigenvalue weighted by molar-refractivity contribution is -0.139. The molecule has 2 aromatic heterocycles. The molecule has 24 heavy (non-hydrogen) atoms. The summed E-state index contributed by atoms with van der Waals surface area (Å²) in [5.41, 5.74) is 0. The number of nitrogens with zero attached hydrogens (tertiary/aromatic N) is 5. The first kappa shape index (κ1) is 16.4. The van der Waals surface area contributed by atoms with E-state index in [4.69, 9.17) is 4.74 Å². The van der Waals surface area contributed by atoms with E-state index in [-0.39, 0.29) is 11.9 Å². The van der Waals surface area contributed by atoms with Crippen LogP contribution in [0.4, 0.5) is 0 Å². The predicted molar refractivity (Wildman–Crippen MR) is 88.7 cm³/mol. The molecule has 3 heterocycles. The third kappa shape index (κ3) is 3.55. The fourth-order valence-electron chi connectivity index (χ4n) is 3.16. The summed E-state index contributed by atoms with van der Waals surface area (Å²) in [4.78, 5) is 22.9. The number of carbonyl (C=O) groups excluding carboxylic acids is 1. The maximum absolute atomic E-state index is 12.7. The Labute approximate surface area is 141 Å². The maximum Gasteiger partial charge on any atom is 0.263 e. The minimum absolute atomic E-state index is 0.00181. The van der Waals surface area contributed by atoms with Gasteiger partial charge >= 0.3 is 0 Å². The number of carbonyl (C=O) groups is 1. The van der Waals surface area contributed by atoms with Gasteiger partial charge in [-0.05, 0) is 45.7 Å². The van der Waals surface area contributed by atoms with Crippen molar-refractivity contribution in [1.29, 1.82) is 0 Å². The van der Waals surface area contributed by atoms with Crippen LogP contribution in [0.15, 0.2) is 24.5 Å². The second-order valence-electron chi connectivity index (χ2n) is 6.18. The van der Waals surface area contributed by atoms with Gasteiger partial charge in [0, 0.05) is 19.3 Å². The standard InChI is InChI=1S/C17H23N5O2/c1-12(24-16-7-4-8-18-10-16)17(23)21-9-5-6-15(11-21)22-14(3)19-13(2)20-22/h4,7-8,10,12,15H,5-6,9,11H2,1-3H3/t12-,15+/m0/s1. The van der Waals surface area contributed by atoms with E-state index < -0.39 is 6.10 Å². The second kappa shape index (κ2) is 6.98. The van der Waals surface area contributed by atoms with Gasteiger partial charge < -0.3 is 9.64 Å². The minimum Gasteiger partial charge on any atom is -0.479 e. The molecule has 0 N–H and O–H groups in total. The molecule has 1 saturated heterocycles. The lowest BCUT2D eigenvalue weighted by Crippen LogP contribution is -2.46. The Kier molecular flexibility index (Phi) is 4.78. The highest BCUT2D eigenvalue weighted by Gasteiger charge is 2.29. The summed E-state index contributed by atoms with van der Waals surface area (Å²) < 4.78 is 7.66. The Balaban J connectivity index is 1.65. The first-order valence-electron chi connectivity index (χ1n) is 8.30. The number of likely N-dealkylation sites (tertiary alicyclic amines) is 1. The lowest BCUT2D eigenvalue weighted by atomic mass is 10.1. The van der Waals surface area contributed by atoms with Gasteiger partial charge in [-0.3, -0.25) is 9.78 Å². The van der Waals surface area contributed by atoms with Crippen molar-refractivity contribution < 1.29 is 9.53 Å². The molecular formula is C17H23N5O2. The summed E-state index contributed by atoms with van der Waals surface area (Å²) in [6.07, 6.45) is 4.72. The number of piperidine rings is 1. The van der Waals surface area contributed by atoms with E-state index in [0.29, 0.717) is 12.3 Å². The molecule has 2 aromatic rings. The highest BCUT2D eigenvalue weighted by molar-refractivity contribution is 5.81. The van der Waals surface area contributed by atoms with Gasteiger partial charge in [0.05, 0.1) is 12.2 Å². The van der Waals surface area contributed by atoms with Crippen molar-refractivity contribution in [2.24, 2.45) is 0 Å². The lowest BCUT2D eigenvalue weighted by Gasteiger charge is -2.34. The van der Waals surface area contributed by atoms with Crippen LogP contribution in [0.5, 0.6) is 5.75 Å². The quantitative estimate of drug-likeness (QED) is 0.857. The summed E-state index contributed by atoms with van der Waals surface area (Å²) in [5, 5.41) is 4.47. The molecule has 1 aliphatic rings. The summed E-state index contributed by atoms with van der Waals surface area (Å²) in [5.74, 6) is 2.27. The van der Waals surface area contributed by atoms with E-state index in [9.17, 15) is 4.79 Å². The smallest absolute Gasteiger partial charge is 0.263 e. The van der Waals surface area contributed by atoms with Gasteiger partial charge in [0.1, 0.15) is 17.4 Å². The average Bonchev–Trinajstić information content (AvgIpc) is 2.93. The Morgan fingerprint density at radius 1 is 1.42 bits per heavy atom. The van der Waals surface area contributed by atoms with E-state index in [1.54, 1.807) is 31.5 Å². The number of hydrogen-bond donors (Lipinski definition) is 0. The fourth-order valence-corrected chi connectivity index (χ4v) is 3.16. The van der Waals surface area contributed by atoms with Gasteiger partial charge in [0.2, 0.25) is 0 Å². The van der Waals surface area contributed by atoms with Gasteiger partial charge in [-0.25, -0.2) is 9.67 Å². The van der Waals surface area contributed by atoms with E-state index >= 15 is 0 Å². The predicted octanol–water partition coefficient (Wildman–Crippen LogP) is 1.92. The third-order valence-electron chi connectivity index (χ3n) is 4.26. The summed E-state index contributed by atoms with van der Waals surface area (Å²) in [6.45, 7) is 7.02. The largest absolute Gasteiger partial charge is 0.479 e. The van der Waals surface area contributed by atoms with Crippen molar-refractivity contribution >= 4 is 5.91 Å². The number of pyridine rings is 1. The van der Waals surface area contributed by atoms with Crippen LogP contribution in [0.25, 0.3) is 0 Å². The van der Waals surface area contributed by atoms with Gasteiger partial charge in [-0.1, -0.05) is 0 Å². The molecule has 7 heteroatoms. The van der Waals surface area contributed by atoms with Crippen molar-refractivity contribution in [2.45, 2.75) is 45.8 Å². The number of hydrogen-bond acceptors (Lipinski definition) is 5. The Morgan fingerprint density at radius 3 is 2.92 bits per heavy atom. The first-order valence-corrected chi connectivity index (χ1v) is 8.30. The highest BCUT2D eigenvalue weighted by Crippen LogP contribution is 2.23. The van der Waals surface area contributed by atoms with Crippen LogP contribution in [0.1, 0.15) is 37.5 Å². The molecule has 0 saturated carbocycles. The third-order valence-corrected chi connectivity index (χ3v) is 4.26. The van der Waals surface area contributed by atoms with Crippen LogP contribution in [-0.2, 0) is 4.79 Å². The van der Waals surface area contributed by atoms with E-state index in [1.807, 2.05) is 23.4 Å².